The number of nitrogens with one attached hydrogen (secondary N) is 1. The van der Waals surface area contributed by atoms with Crippen molar-refractivity contribution in [1.29, 1.82) is 0 Å². The van der Waals surface area contributed by atoms with Gasteiger partial charge in [0.25, 0.3) is 0 Å². The number of aromatic nitrogens is 2. The number of carbonyl (C=O) groups excluding carboxylic acids is 1. The molecule has 7 heteroatoms. The van der Waals surface area contributed by atoms with Crippen LogP contribution < -0.4 is 14.2 Å². The van der Waals surface area contributed by atoms with Gasteiger partial charge in [0.2, 0.25) is 0 Å². The van der Waals surface area contributed by atoms with Gasteiger partial charge in [-0.05, 0) is 42.0 Å². The topological polar surface area (TPSA) is 73.4 Å². The highest BCUT2D eigenvalue weighted by Gasteiger charge is 2.27. The summed E-state index contributed by atoms with van der Waals surface area (Å²) in [5.41, 5.74) is 3.49. The van der Waals surface area contributed by atoms with Crippen LogP contribution in [0.15, 0.2) is 42.0 Å². The molecule has 3 aromatic rings. The van der Waals surface area contributed by atoms with E-state index in [0.29, 0.717) is 51.8 Å². The molecule has 1 aliphatic rings. The van der Waals surface area contributed by atoms with E-state index in [1.54, 1.807) is 37.5 Å². The molecule has 0 radical (unpaired) electrons. The SMILES string of the molecule is COc1ccc(-c2cc(/C=C3\Cc4cc(OC)c(OC)cc4C3=O)[nH]n2)c(F)c1. The number of nitrogens with zero attached hydrogens (tertiary/aromatic N) is 1. The zero-order valence-corrected chi connectivity index (χ0v) is 16.2. The molecule has 0 bridgehead atoms. The van der Waals surface area contributed by atoms with E-state index in [-0.39, 0.29) is 5.78 Å². The third kappa shape index (κ3) is 3.35. The molecule has 0 amide bonds. The summed E-state index contributed by atoms with van der Waals surface area (Å²) in [6.45, 7) is 0. The highest BCUT2D eigenvalue weighted by molar-refractivity contribution is 6.15. The van der Waals surface area contributed by atoms with E-state index in [0.717, 1.165) is 5.56 Å². The van der Waals surface area contributed by atoms with Crippen LogP contribution in [0.3, 0.4) is 0 Å². The van der Waals surface area contributed by atoms with Crippen LogP contribution in [0.1, 0.15) is 21.6 Å². The van der Waals surface area contributed by atoms with Crippen LogP contribution in [0.25, 0.3) is 17.3 Å². The highest BCUT2D eigenvalue weighted by atomic mass is 19.1. The number of Topliss-reactive ketones (excluding diaryl/α,β-unsaturated/α-hetero) is 1. The summed E-state index contributed by atoms with van der Waals surface area (Å²) in [6, 6.07) is 9.80. The number of H-pyrrole nitrogens is 1. The third-order valence-electron chi connectivity index (χ3n) is 4.91. The zero-order valence-electron chi connectivity index (χ0n) is 16.2. The number of carbonyl (C=O) groups is 1. The minimum Gasteiger partial charge on any atom is -0.497 e. The van der Waals surface area contributed by atoms with Crippen molar-refractivity contribution in [2.45, 2.75) is 6.42 Å². The Bertz CT molecular complexity index is 1130. The second-order valence-electron chi connectivity index (χ2n) is 6.59. The number of aromatic amines is 1. The molecule has 0 saturated heterocycles. The molecule has 4 rings (SSSR count). The summed E-state index contributed by atoms with van der Waals surface area (Å²) in [6.07, 6.45) is 2.21. The monoisotopic (exact) mass is 394 g/mol. The van der Waals surface area contributed by atoms with Gasteiger partial charge in [0.05, 0.1) is 32.7 Å². The number of ketones is 1. The predicted molar refractivity (Wildman–Crippen MR) is 106 cm³/mol. The Labute approximate surface area is 166 Å². The first-order chi connectivity index (χ1) is 14.0. The Hall–Kier alpha value is -3.61. The first-order valence-electron chi connectivity index (χ1n) is 8.93. The average molecular weight is 394 g/mol. The fourth-order valence-electron chi connectivity index (χ4n) is 3.42. The van der Waals surface area contributed by atoms with E-state index in [9.17, 15) is 9.18 Å². The summed E-state index contributed by atoms with van der Waals surface area (Å²) in [4.78, 5) is 12.8. The molecule has 1 N–H and O–H groups in total. The summed E-state index contributed by atoms with van der Waals surface area (Å²) in [7, 11) is 4.57. The van der Waals surface area contributed by atoms with Crippen LogP contribution in [0.2, 0.25) is 0 Å². The standard InChI is InChI=1S/C22H19FN2O4/c1-27-15-4-5-16(18(23)10-15)19-9-14(24-25-19)7-13-6-12-8-20(28-2)21(29-3)11-17(12)22(13)26/h4-5,7-11H,6H2,1-3H3,(H,24,25)/b13-7+. The van der Waals surface area contributed by atoms with Gasteiger partial charge in [0.15, 0.2) is 17.3 Å². The molecule has 0 fully saturated rings. The maximum atomic E-state index is 14.3. The average Bonchev–Trinajstić information content (AvgIpc) is 3.31. The molecule has 0 unspecified atom stereocenters. The number of methoxy groups -OCH3 is 3. The molecule has 29 heavy (non-hydrogen) atoms. The quantitative estimate of drug-likeness (QED) is 0.661. The lowest BCUT2D eigenvalue weighted by Gasteiger charge is -2.08. The van der Waals surface area contributed by atoms with Crippen molar-refractivity contribution < 1.29 is 23.4 Å². The Kier molecular flexibility index (Phi) is 4.80. The van der Waals surface area contributed by atoms with Crippen LogP contribution in [0, 0.1) is 5.82 Å². The van der Waals surface area contributed by atoms with Gasteiger partial charge in [0.1, 0.15) is 11.6 Å². The number of ether oxygens (including phenoxy) is 3. The number of rotatable bonds is 5. The van der Waals surface area contributed by atoms with Gasteiger partial charge >= 0.3 is 0 Å². The van der Waals surface area contributed by atoms with Crippen LogP contribution >= 0.6 is 0 Å². The van der Waals surface area contributed by atoms with Gasteiger partial charge < -0.3 is 14.2 Å². The lowest BCUT2D eigenvalue weighted by Crippen LogP contribution is -1.97. The summed E-state index contributed by atoms with van der Waals surface area (Å²) < 4.78 is 29.9. The van der Waals surface area contributed by atoms with E-state index < -0.39 is 5.82 Å². The van der Waals surface area contributed by atoms with Crippen molar-refractivity contribution in [3.8, 4) is 28.5 Å². The zero-order chi connectivity index (χ0) is 20.5. The molecule has 1 heterocycles. The Morgan fingerprint density at radius 3 is 2.45 bits per heavy atom. The molecular weight excluding hydrogens is 375 g/mol. The van der Waals surface area contributed by atoms with Crippen molar-refractivity contribution in [3.05, 3.63) is 64.6 Å². The van der Waals surface area contributed by atoms with E-state index in [2.05, 4.69) is 10.2 Å². The summed E-state index contributed by atoms with van der Waals surface area (Å²) in [5.74, 6) is 1.02. The van der Waals surface area contributed by atoms with Gasteiger partial charge in [0, 0.05) is 29.2 Å². The summed E-state index contributed by atoms with van der Waals surface area (Å²) >= 11 is 0. The first-order valence-corrected chi connectivity index (χ1v) is 8.93. The van der Waals surface area contributed by atoms with E-state index in [1.165, 1.54) is 20.3 Å². The van der Waals surface area contributed by atoms with Crippen molar-refractivity contribution in [1.82, 2.24) is 10.2 Å². The van der Waals surface area contributed by atoms with E-state index in [4.69, 9.17) is 14.2 Å². The van der Waals surface area contributed by atoms with Crippen LogP contribution in [-0.4, -0.2) is 37.3 Å². The first kappa shape index (κ1) is 18.7. The molecule has 1 aliphatic carbocycles. The Morgan fingerprint density at radius 2 is 1.76 bits per heavy atom. The van der Waals surface area contributed by atoms with Crippen LogP contribution in [-0.2, 0) is 6.42 Å². The molecular formula is C22H19FN2O4. The maximum Gasteiger partial charge on any atom is 0.189 e. The largest absolute Gasteiger partial charge is 0.497 e. The second kappa shape index (κ2) is 7.43. The lowest BCUT2D eigenvalue weighted by atomic mass is 10.1. The Balaban J connectivity index is 1.63. The molecule has 0 saturated carbocycles. The van der Waals surface area contributed by atoms with Crippen molar-refractivity contribution in [3.63, 3.8) is 0 Å². The van der Waals surface area contributed by atoms with Gasteiger partial charge in [-0.15, -0.1) is 0 Å². The number of halogens is 1. The molecule has 0 atom stereocenters. The Morgan fingerprint density at radius 1 is 1.00 bits per heavy atom. The molecule has 148 valence electrons. The molecule has 0 spiro atoms. The molecule has 0 aliphatic heterocycles. The van der Waals surface area contributed by atoms with E-state index >= 15 is 0 Å². The van der Waals surface area contributed by atoms with Crippen molar-refractivity contribution >= 4 is 11.9 Å². The number of hydrogen-bond donors (Lipinski definition) is 1. The molecule has 2 aromatic carbocycles. The number of benzene rings is 2. The fourth-order valence-corrected chi connectivity index (χ4v) is 3.42. The van der Waals surface area contributed by atoms with Crippen LogP contribution in [0.5, 0.6) is 17.2 Å². The number of fused-ring (bicyclic) bond motifs is 1. The molecule has 6 nitrogen and oxygen atoms in total. The second-order valence-corrected chi connectivity index (χ2v) is 6.59. The lowest BCUT2D eigenvalue weighted by molar-refractivity contribution is 0.104. The fraction of sp³-hybridized carbons (Fsp3) is 0.182. The maximum absolute atomic E-state index is 14.3. The van der Waals surface area contributed by atoms with Crippen molar-refractivity contribution in [2.75, 3.05) is 21.3 Å². The van der Waals surface area contributed by atoms with Crippen LogP contribution in [0.4, 0.5) is 4.39 Å². The predicted octanol–water partition coefficient (Wildman–Crippen LogP) is 4.06. The summed E-state index contributed by atoms with van der Waals surface area (Å²) in [5, 5.41) is 7.03. The number of hydrogen-bond acceptors (Lipinski definition) is 5. The normalized spacial score (nSPS) is 14.2. The minimum atomic E-state index is -0.432. The third-order valence-corrected chi connectivity index (χ3v) is 4.91. The highest BCUT2D eigenvalue weighted by Crippen LogP contribution is 2.37. The van der Waals surface area contributed by atoms with E-state index in [1.807, 2.05) is 6.07 Å². The molecule has 1 aromatic heterocycles. The van der Waals surface area contributed by atoms with Crippen molar-refractivity contribution in [2.24, 2.45) is 0 Å². The minimum absolute atomic E-state index is 0.0762. The number of allylic oxidation sites excluding steroid dienone is 1. The van der Waals surface area contributed by atoms with Gasteiger partial charge in [-0.1, -0.05) is 0 Å². The smallest absolute Gasteiger partial charge is 0.189 e. The van der Waals surface area contributed by atoms with Gasteiger partial charge in [-0.3, -0.25) is 9.89 Å². The van der Waals surface area contributed by atoms with Gasteiger partial charge in [-0.25, -0.2) is 4.39 Å². The van der Waals surface area contributed by atoms with Gasteiger partial charge in [-0.2, -0.15) is 5.10 Å².